The molecule has 0 amide bonds. The predicted molar refractivity (Wildman–Crippen MR) is 117 cm³/mol. The highest BCUT2D eigenvalue weighted by atomic mass is 16.5. The fourth-order valence-electron chi connectivity index (χ4n) is 1.14. The maximum atomic E-state index is 10.3. The third kappa shape index (κ3) is 26.9. The fraction of sp³-hybridized carbons (Fsp3) is 0.261. The van der Waals surface area contributed by atoms with Crippen LogP contribution in [-0.2, 0) is 23.9 Å². The van der Waals surface area contributed by atoms with Crippen molar-refractivity contribution in [1.82, 2.24) is 0 Å². The maximum absolute atomic E-state index is 10.3. The van der Waals surface area contributed by atoms with Crippen LogP contribution >= 0.6 is 0 Å². The number of benzene rings is 1. The molecule has 0 aromatic heterocycles. The van der Waals surface area contributed by atoms with Crippen LogP contribution in [0.15, 0.2) is 74.4 Å². The normalized spacial score (nSPS) is 7.97. The molecule has 0 fully saturated rings. The largest absolute Gasteiger partial charge is 0.478 e. The summed E-state index contributed by atoms with van der Waals surface area (Å²) < 4.78 is 8.95. The molecule has 0 bridgehead atoms. The smallest absolute Gasteiger partial charge is 0.332 e. The lowest BCUT2D eigenvalue weighted by Crippen LogP contribution is -2.00. The van der Waals surface area contributed by atoms with Gasteiger partial charge in [0.2, 0.25) is 0 Å². The van der Waals surface area contributed by atoms with Crippen molar-refractivity contribution in [1.29, 1.82) is 0 Å². The molecule has 29 heavy (non-hydrogen) atoms. The Morgan fingerprint density at radius 3 is 1.83 bits per heavy atom. The standard InChI is InChI=1S/C8H8.C7H12O2.C5H8O2.C3H4O2/c1-2-8-6-4-3-5-7-8;1-3-5-6-9-7(8)4-2;1-4(2)5(6)7-3;1-2-3(4)5/h2-7H,1H2;4H,2-3,5-6H2,1H3;1H2,2-3H3;2H,1H2,(H,4,5). The number of aliphatic carboxylic acids is 1. The molecule has 6 heteroatoms. The van der Waals surface area contributed by atoms with Crippen LogP contribution in [0.1, 0.15) is 32.3 Å². The second-order valence-electron chi connectivity index (χ2n) is 5.15. The highest BCUT2D eigenvalue weighted by molar-refractivity contribution is 5.86. The lowest BCUT2D eigenvalue weighted by molar-refractivity contribution is -0.138. The first kappa shape index (κ1) is 30.3. The summed E-state index contributed by atoms with van der Waals surface area (Å²) in [7, 11) is 1.33. The molecule has 0 saturated heterocycles. The van der Waals surface area contributed by atoms with Gasteiger partial charge in [0.25, 0.3) is 0 Å². The Morgan fingerprint density at radius 2 is 1.59 bits per heavy atom. The third-order valence-electron chi connectivity index (χ3n) is 2.65. The number of carboxylic acids is 1. The predicted octanol–water partition coefficient (Wildman–Crippen LogP) is 4.84. The Hall–Kier alpha value is -3.41. The molecule has 0 saturated carbocycles. The fourth-order valence-corrected chi connectivity index (χ4v) is 1.14. The Kier molecular flexibility index (Phi) is 23.7. The Labute approximate surface area is 173 Å². The topological polar surface area (TPSA) is 89.9 Å². The highest BCUT2D eigenvalue weighted by Crippen LogP contribution is 1.97. The van der Waals surface area contributed by atoms with E-state index in [4.69, 9.17) is 5.11 Å². The van der Waals surface area contributed by atoms with Gasteiger partial charge in [-0.15, -0.1) is 0 Å². The zero-order valence-corrected chi connectivity index (χ0v) is 17.6. The van der Waals surface area contributed by atoms with Crippen molar-refractivity contribution in [3.8, 4) is 0 Å². The van der Waals surface area contributed by atoms with Crippen molar-refractivity contribution < 1.29 is 29.0 Å². The molecule has 1 N–H and O–H groups in total. The lowest BCUT2D eigenvalue weighted by Gasteiger charge is -1.97. The molecule has 0 aliphatic heterocycles. The van der Waals surface area contributed by atoms with E-state index in [0.717, 1.165) is 18.9 Å². The van der Waals surface area contributed by atoms with Crippen molar-refractivity contribution in [2.75, 3.05) is 13.7 Å². The summed E-state index contributed by atoms with van der Waals surface area (Å²) in [5.74, 6) is -1.66. The number of carboxylic acid groups (broad SMARTS) is 1. The summed E-state index contributed by atoms with van der Waals surface area (Å²) in [4.78, 5) is 29.8. The van der Waals surface area contributed by atoms with E-state index >= 15 is 0 Å². The summed E-state index contributed by atoms with van der Waals surface area (Å²) in [5.41, 5.74) is 1.61. The molecule has 0 radical (unpaired) electrons. The molecule has 6 nitrogen and oxygen atoms in total. The Bertz CT molecular complexity index is 632. The summed E-state index contributed by atoms with van der Waals surface area (Å²) >= 11 is 0. The molecule has 0 heterocycles. The van der Waals surface area contributed by atoms with Crippen molar-refractivity contribution >= 4 is 24.0 Å². The highest BCUT2D eigenvalue weighted by Gasteiger charge is 1.95. The Morgan fingerprint density at radius 1 is 1.07 bits per heavy atom. The van der Waals surface area contributed by atoms with Gasteiger partial charge in [-0.25, -0.2) is 14.4 Å². The van der Waals surface area contributed by atoms with Crippen molar-refractivity contribution in [2.45, 2.75) is 26.7 Å². The number of carbonyl (C=O) groups is 3. The number of hydrogen-bond acceptors (Lipinski definition) is 5. The van der Waals surface area contributed by atoms with Crippen LogP contribution in [0.3, 0.4) is 0 Å². The molecule has 1 rings (SSSR count). The molecule has 0 unspecified atom stereocenters. The number of ether oxygens (including phenoxy) is 2. The number of hydrogen-bond donors (Lipinski definition) is 1. The van der Waals surface area contributed by atoms with Gasteiger partial charge in [0.15, 0.2) is 0 Å². The van der Waals surface area contributed by atoms with E-state index in [1.807, 2.05) is 43.3 Å². The van der Waals surface area contributed by atoms with Gasteiger partial charge in [-0.05, 0) is 18.9 Å². The van der Waals surface area contributed by atoms with Gasteiger partial charge in [-0.1, -0.05) is 76.1 Å². The van der Waals surface area contributed by atoms with E-state index in [1.54, 1.807) is 6.92 Å². The number of carbonyl (C=O) groups excluding carboxylic acids is 2. The second kappa shape index (κ2) is 22.6. The molecule has 0 aliphatic carbocycles. The zero-order valence-electron chi connectivity index (χ0n) is 17.6. The molecule has 0 atom stereocenters. The van der Waals surface area contributed by atoms with E-state index in [-0.39, 0.29) is 11.9 Å². The molecule has 1 aromatic rings. The minimum absolute atomic E-state index is 0.330. The molecule has 0 spiro atoms. The zero-order chi connectivity index (χ0) is 23.1. The average molecular weight is 405 g/mol. The van der Waals surface area contributed by atoms with Gasteiger partial charge < -0.3 is 14.6 Å². The number of unbranched alkanes of at least 4 members (excludes halogenated alkanes) is 1. The number of esters is 2. The monoisotopic (exact) mass is 404 g/mol. The van der Waals surface area contributed by atoms with Gasteiger partial charge in [0.1, 0.15) is 0 Å². The Balaban J connectivity index is -0.000000317. The van der Waals surface area contributed by atoms with Gasteiger partial charge in [-0.3, -0.25) is 0 Å². The first-order valence-electron chi connectivity index (χ1n) is 8.75. The summed E-state index contributed by atoms with van der Waals surface area (Å²) in [5, 5.41) is 7.60. The van der Waals surface area contributed by atoms with Gasteiger partial charge >= 0.3 is 17.9 Å². The van der Waals surface area contributed by atoms with Crippen molar-refractivity contribution in [2.24, 2.45) is 0 Å². The summed E-state index contributed by atoms with van der Waals surface area (Å²) in [6.07, 6.45) is 5.82. The van der Waals surface area contributed by atoms with Gasteiger partial charge in [-0.2, -0.15) is 0 Å². The van der Waals surface area contributed by atoms with Gasteiger partial charge in [0, 0.05) is 17.7 Å². The molecular weight excluding hydrogens is 372 g/mol. The van der Waals surface area contributed by atoms with E-state index in [1.165, 1.54) is 18.7 Å². The minimum atomic E-state index is -0.981. The number of methoxy groups -OCH3 is 1. The summed E-state index contributed by atoms with van der Waals surface area (Å²) in [6, 6.07) is 10.0. The quantitative estimate of drug-likeness (QED) is 0.397. The van der Waals surface area contributed by atoms with E-state index < -0.39 is 5.97 Å². The van der Waals surface area contributed by atoms with E-state index in [2.05, 4.69) is 35.8 Å². The van der Waals surface area contributed by atoms with Crippen LogP contribution in [0.2, 0.25) is 0 Å². The lowest BCUT2D eigenvalue weighted by atomic mass is 10.2. The first-order chi connectivity index (χ1) is 13.7. The summed E-state index contributed by atoms with van der Waals surface area (Å²) in [6.45, 7) is 17.4. The van der Waals surface area contributed by atoms with Crippen LogP contribution < -0.4 is 0 Å². The van der Waals surface area contributed by atoms with Crippen LogP contribution in [0, 0.1) is 0 Å². The molecular formula is C23H32O6. The second-order valence-corrected chi connectivity index (χ2v) is 5.15. The third-order valence-corrected chi connectivity index (χ3v) is 2.65. The first-order valence-corrected chi connectivity index (χ1v) is 8.75. The van der Waals surface area contributed by atoms with Gasteiger partial charge in [0.05, 0.1) is 13.7 Å². The molecule has 160 valence electrons. The molecule has 1 aromatic carbocycles. The van der Waals surface area contributed by atoms with Crippen LogP contribution in [0.5, 0.6) is 0 Å². The SMILES string of the molecule is C=C(C)C(=O)OC.C=CC(=O)O.C=CC(=O)OCCCC.C=Cc1ccccc1. The number of rotatable bonds is 7. The van der Waals surface area contributed by atoms with Crippen LogP contribution in [0.25, 0.3) is 6.08 Å². The molecule has 0 aliphatic rings. The average Bonchev–Trinajstić information content (AvgIpc) is 2.74. The van der Waals surface area contributed by atoms with Crippen LogP contribution in [-0.4, -0.2) is 36.7 Å². The van der Waals surface area contributed by atoms with Crippen molar-refractivity contribution in [3.05, 3.63) is 79.9 Å². The van der Waals surface area contributed by atoms with E-state index in [0.29, 0.717) is 12.2 Å². The van der Waals surface area contributed by atoms with Crippen LogP contribution in [0.4, 0.5) is 0 Å². The maximum Gasteiger partial charge on any atom is 0.332 e. The van der Waals surface area contributed by atoms with E-state index in [9.17, 15) is 14.4 Å². The minimum Gasteiger partial charge on any atom is -0.478 e. The van der Waals surface area contributed by atoms with Crippen molar-refractivity contribution in [3.63, 3.8) is 0 Å².